The van der Waals surface area contributed by atoms with Gasteiger partial charge in [-0.3, -0.25) is 9.13 Å². The van der Waals surface area contributed by atoms with Crippen molar-refractivity contribution in [3.8, 4) is 0 Å². The third kappa shape index (κ3) is 6.39. The lowest BCUT2D eigenvalue weighted by Crippen LogP contribution is -2.33. The minimum atomic E-state index is -4.84. The Morgan fingerprint density at radius 3 is 2.44 bits per heavy atom. The lowest BCUT2D eigenvalue weighted by atomic mass is 10.1. The predicted octanol–water partition coefficient (Wildman–Crippen LogP) is 1.10. The highest BCUT2D eigenvalue weighted by Crippen LogP contribution is 2.55. The first-order valence-corrected chi connectivity index (χ1v) is 14.4. The fourth-order valence-corrected chi connectivity index (χ4v) is 6.28. The van der Waals surface area contributed by atoms with Crippen molar-refractivity contribution < 1.29 is 43.3 Å². The van der Waals surface area contributed by atoms with E-state index < -0.39 is 52.2 Å². The Morgan fingerprint density at radius 1 is 1.08 bits per heavy atom. The molecule has 196 valence electrons. The van der Waals surface area contributed by atoms with Gasteiger partial charge in [0, 0.05) is 11.6 Å². The summed E-state index contributed by atoms with van der Waals surface area (Å²) in [6.45, 7) is -0.415. The number of halogens is 2. The average molecular weight is 585 g/mol. The molecule has 3 aromatic rings. The fraction of sp³-hybridized carbons (Fsp3) is 0.412. The molecule has 4 rings (SSSR count). The molecule has 5 atom stereocenters. The van der Waals surface area contributed by atoms with E-state index in [-0.39, 0.29) is 22.3 Å². The van der Waals surface area contributed by atoms with Crippen molar-refractivity contribution in [2.45, 2.75) is 31.1 Å². The molecule has 2 aromatic heterocycles. The fourth-order valence-electron chi connectivity index (χ4n) is 3.42. The van der Waals surface area contributed by atoms with Crippen LogP contribution in [0.4, 0.5) is 5.82 Å². The number of nitrogens with zero attached hydrogens (tertiary/aromatic N) is 5. The molecule has 1 aromatic carbocycles. The number of aliphatic hydroxyl groups excluding tert-OH is 2. The molecular formula is C17H20Cl2N6O9P2. The number of benzene rings is 1. The van der Waals surface area contributed by atoms with E-state index in [1.165, 1.54) is 0 Å². The van der Waals surface area contributed by atoms with Crippen molar-refractivity contribution in [2.24, 2.45) is 0 Å². The molecule has 0 radical (unpaired) electrons. The van der Waals surface area contributed by atoms with Gasteiger partial charge in [-0.05, 0) is 29.3 Å². The van der Waals surface area contributed by atoms with E-state index in [1.807, 2.05) is 12.1 Å². The molecule has 0 spiro atoms. The Bertz CT molecular complexity index is 1340. The second kappa shape index (κ2) is 10.6. The van der Waals surface area contributed by atoms with E-state index in [1.54, 1.807) is 12.1 Å². The van der Waals surface area contributed by atoms with Crippen LogP contribution in [0, 0.1) is 0 Å². The van der Waals surface area contributed by atoms with Crippen LogP contribution in [0.5, 0.6) is 0 Å². The molecule has 3 heterocycles. The molecule has 1 aliphatic rings. The van der Waals surface area contributed by atoms with Gasteiger partial charge in [0.1, 0.15) is 18.3 Å². The van der Waals surface area contributed by atoms with Crippen LogP contribution in [0.1, 0.15) is 11.8 Å². The van der Waals surface area contributed by atoms with Gasteiger partial charge in [-0.2, -0.15) is 14.6 Å². The summed E-state index contributed by atoms with van der Waals surface area (Å²) in [4.78, 5) is 35.6. The predicted molar refractivity (Wildman–Crippen MR) is 126 cm³/mol. The number of nitrogens with one attached hydrogen (secondary N) is 1. The molecule has 0 bridgehead atoms. The summed E-state index contributed by atoms with van der Waals surface area (Å²) in [5.41, 5.74) is 1.12. The first kappa shape index (κ1) is 27.3. The van der Waals surface area contributed by atoms with Gasteiger partial charge >= 0.3 is 15.2 Å². The maximum Gasteiger partial charge on any atom is 0.340 e. The average Bonchev–Trinajstić information content (AvgIpc) is 3.31. The number of hydrogen-bond donors (Lipinski definition) is 6. The van der Waals surface area contributed by atoms with E-state index >= 15 is 0 Å². The lowest BCUT2D eigenvalue weighted by molar-refractivity contribution is -0.0549. The first-order valence-electron chi connectivity index (χ1n) is 10.1. The number of fused-ring (bicyclic) bond motifs is 1. The van der Waals surface area contributed by atoms with Crippen LogP contribution in [0.3, 0.4) is 0 Å². The first-order chi connectivity index (χ1) is 16.8. The highest BCUT2D eigenvalue weighted by atomic mass is 35.5. The number of hydrogen-bond acceptors (Lipinski definition) is 11. The van der Waals surface area contributed by atoms with E-state index in [2.05, 4.69) is 25.6 Å². The zero-order valence-electron chi connectivity index (χ0n) is 18.0. The Hall–Kier alpha value is -1.74. The van der Waals surface area contributed by atoms with Gasteiger partial charge in [0.2, 0.25) is 5.28 Å². The summed E-state index contributed by atoms with van der Waals surface area (Å²) < 4.78 is 34.2. The Kier molecular flexibility index (Phi) is 8.01. The summed E-state index contributed by atoms with van der Waals surface area (Å²) in [6.07, 6.45) is -5.90. The number of ether oxygens (including phenoxy) is 1. The maximum absolute atomic E-state index is 11.9. The third-order valence-electron chi connectivity index (χ3n) is 5.05. The standard InChI is InChI=1S/C17H20Cl2N6O9P2/c18-9-3-1-8(2-4-9)5-20-14-11-15(22-17(19)21-14)25(24-23-11)16-13(27)12(26)10(34-16)6-33-36(31,32)7-35(28,29)30/h1-4,10,12-13,16,26-27H,5-7H2,(H,31,32)(H,20,21,22)(H2,28,29,30)/t10-,12-,13-,16-/m1/s1. The van der Waals surface area contributed by atoms with Gasteiger partial charge in [-0.25, -0.2) is 0 Å². The molecule has 6 N–H and O–H groups in total. The van der Waals surface area contributed by atoms with Gasteiger partial charge in [0.05, 0.1) is 6.61 Å². The van der Waals surface area contributed by atoms with Gasteiger partial charge in [-0.15, -0.1) is 5.10 Å². The zero-order valence-corrected chi connectivity index (χ0v) is 21.3. The summed E-state index contributed by atoms with van der Waals surface area (Å²) in [5.74, 6) is -1.18. The van der Waals surface area contributed by atoms with Crippen LogP contribution in [0.15, 0.2) is 24.3 Å². The SMILES string of the molecule is O=P(O)(O)CP(=O)(O)OC[C@H]1O[C@@H](n2nnc3c(NCc4ccc(Cl)cc4)nc(Cl)nc32)[C@H](O)[C@@H]1O. The zero-order chi connectivity index (χ0) is 26.3. The third-order valence-corrected chi connectivity index (χ3v) is 8.93. The largest absolute Gasteiger partial charge is 0.387 e. The minimum Gasteiger partial charge on any atom is -0.387 e. The van der Waals surface area contributed by atoms with Crippen molar-refractivity contribution in [3.05, 3.63) is 40.1 Å². The number of aromatic nitrogens is 5. The summed E-state index contributed by atoms with van der Waals surface area (Å²) in [6, 6.07) is 7.07. The molecule has 15 nitrogen and oxygen atoms in total. The van der Waals surface area contributed by atoms with E-state index in [0.717, 1.165) is 10.2 Å². The highest BCUT2D eigenvalue weighted by Gasteiger charge is 2.46. The molecule has 19 heteroatoms. The molecule has 0 amide bonds. The minimum absolute atomic E-state index is 0.0563. The summed E-state index contributed by atoms with van der Waals surface area (Å²) in [7, 11) is -9.55. The van der Waals surface area contributed by atoms with Crippen molar-refractivity contribution >= 4 is 55.4 Å². The van der Waals surface area contributed by atoms with E-state index in [4.69, 9.17) is 42.2 Å². The van der Waals surface area contributed by atoms with Crippen molar-refractivity contribution in [3.63, 3.8) is 0 Å². The van der Waals surface area contributed by atoms with Crippen LogP contribution in [-0.4, -0.2) is 80.7 Å². The Labute approximate surface area is 212 Å². The number of aliphatic hydroxyl groups is 2. The second-order valence-electron chi connectivity index (χ2n) is 7.81. The smallest absolute Gasteiger partial charge is 0.340 e. The van der Waals surface area contributed by atoms with Crippen LogP contribution in [0.2, 0.25) is 10.3 Å². The summed E-state index contributed by atoms with van der Waals surface area (Å²) >= 11 is 12.0. The molecule has 36 heavy (non-hydrogen) atoms. The molecule has 0 aliphatic carbocycles. The molecular weight excluding hydrogens is 565 g/mol. The van der Waals surface area contributed by atoms with Gasteiger partial charge in [0.15, 0.2) is 29.1 Å². The van der Waals surface area contributed by atoms with Crippen LogP contribution >= 0.6 is 38.4 Å². The van der Waals surface area contributed by atoms with Crippen molar-refractivity contribution in [2.75, 3.05) is 17.8 Å². The maximum atomic E-state index is 11.9. The Balaban J connectivity index is 1.52. The normalized spacial score (nSPS) is 24.2. The van der Waals surface area contributed by atoms with Gasteiger partial charge in [-0.1, -0.05) is 28.9 Å². The van der Waals surface area contributed by atoms with E-state index in [0.29, 0.717) is 11.6 Å². The molecule has 0 saturated carbocycles. The number of anilines is 1. The lowest BCUT2D eigenvalue weighted by Gasteiger charge is -2.18. The second-order valence-corrected chi connectivity index (χ2v) is 12.6. The van der Waals surface area contributed by atoms with Crippen LogP contribution in [-0.2, 0) is 24.9 Å². The van der Waals surface area contributed by atoms with Crippen molar-refractivity contribution in [1.82, 2.24) is 25.0 Å². The monoisotopic (exact) mass is 584 g/mol. The molecule has 1 unspecified atom stereocenters. The highest BCUT2D eigenvalue weighted by molar-refractivity contribution is 7.70. The van der Waals surface area contributed by atoms with Gasteiger partial charge in [0.25, 0.3) is 0 Å². The van der Waals surface area contributed by atoms with Crippen LogP contribution < -0.4 is 5.32 Å². The summed E-state index contributed by atoms with van der Waals surface area (Å²) in [5, 5.41) is 32.3. The van der Waals surface area contributed by atoms with Crippen molar-refractivity contribution in [1.29, 1.82) is 0 Å². The van der Waals surface area contributed by atoms with Gasteiger partial charge < -0.3 is 39.5 Å². The molecule has 1 fully saturated rings. The van der Waals surface area contributed by atoms with Crippen LogP contribution in [0.25, 0.3) is 11.2 Å². The molecule has 1 saturated heterocycles. The quantitative estimate of drug-likeness (QED) is 0.153. The number of rotatable bonds is 9. The Morgan fingerprint density at radius 2 is 1.78 bits per heavy atom. The molecule has 1 aliphatic heterocycles. The van der Waals surface area contributed by atoms with E-state index in [9.17, 15) is 24.2 Å². The topological polar surface area (TPSA) is 222 Å².